The van der Waals surface area contributed by atoms with Gasteiger partial charge in [0.15, 0.2) is 5.82 Å². The van der Waals surface area contributed by atoms with E-state index in [0.29, 0.717) is 27.1 Å². The summed E-state index contributed by atoms with van der Waals surface area (Å²) in [5.74, 6) is 0.457. The molecule has 0 radical (unpaired) electrons. The molecule has 18 heavy (non-hydrogen) atoms. The Kier molecular flexibility index (Phi) is 3.51. The maximum absolute atomic E-state index is 9.03. The van der Waals surface area contributed by atoms with Crippen molar-refractivity contribution in [2.45, 2.75) is 13.8 Å². The van der Waals surface area contributed by atoms with Crippen LogP contribution in [0.3, 0.4) is 0 Å². The molecule has 0 saturated carbocycles. The van der Waals surface area contributed by atoms with Gasteiger partial charge >= 0.3 is 0 Å². The highest BCUT2D eigenvalue weighted by molar-refractivity contribution is 6.35. The van der Waals surface area contributed by atoms with E-state index >= 15 is 0 Å². The molecule has 0 fully saturated rings. The third kappa shape index (κ3) is 2.45. The number of aryl methyl sites for hydroxylation is 1. The van der Waals surface area contributed by atoms with Crippen LogP contribution >= 0.6 is 23.2 Å². The first-order valence-corrected chi connectivity index (χ1v) is 5.98. The van der Waals surface area contributed by atoms with Gasteiger partial charge in [0.1, 0.15) is 11.8 Å². The second kappa shape index (κ2) is 4.93. The third-order valence-corrected chi connectivity index (χ3v) is 3.05. The molecule has 90 valence electrons. The van der Waals surface area contributed by atoms with Crippen molar-refractivity contribution >= 4 is 23.2 Å². The summed E-state index contributed by atoms with van der Waals surface area (Å²) in [4.78, 5) is 8.57. The Bertz CT molecular complexity index is 640. The average Bonchev–Trinajstić information content (AvgIpc) is 2.31. The van der Waals surface area contributed by atoms with Crippen LogP contribution in [0, 0.1) is 25.2 Å². The summed E-state index contributed by atoms with van der Waals surface area (Å²) >= 11 is 11.9. The molecule has 0 bridgehead atoms. The SMILES string of the molecule is Cc1nc(-c2cc(Cl)cc(Cl)c2)nc(C#N)c1C. The number of halogens is 2. The molecule has 0 atom stereocenters. The van der Waals surface area contributed by atoms with Crippen molar-refractivity contribution in [3.8, 4) is 17.5 Å². The molecule has 1 aromatic heterocycles. The lowest BCUT2D eigenvalue weighted by Gasteiger charge is -2.06. The Labute approximate surface area is 115 Å². The standard InChI is InChI=1S/C13H9Cl2N3/c1-7-8(2)17-13(18-12(7)6-16)9-3-10(14)5-11(15)4-9/h3-5H,1-2H3. The van der Waals surface area contributed by atoms with Gasteiger partial charge in [0.2, 0.25) is 0 Å². The first-order valence-electron chi connectivity index (χ1n) is 5.23. The minimum Gasteiger partial charge on any atom is -0.233 e. The molecular weight excluding hydrogens is 269 g/mol. The van der Waals surface area contributed by atoms with Gasteiger partial charge in [-0.15, -0.1) is 0 Å². The van der Waals surface area contributed by atoms with Crippen molar-refractivity contribution in [3.05, 3.63) is 45.2 Å². The zero-order valence-electron chi connectivity index (χ0n) is 9.83. The maximum atomic E-state index is 9.03. The van der Waals surface area contributed by atoms with E-state index in [9.17, 15) is 0 Å². The zero-order valence-corrected chi connectivity index (χ0v) is 11.3. The van der Waals surface area contributed by atoms with Gasteiger partial charge in [-0.1, -0.05) is 23.2 Å². The fourth-order valence-electron chi connectivity index (χ4n) is 1.55. The Morgan fingerprint density at radius 1 is 1.06 bits per heavy atom. The topological polar surface area (TPSA) is 49.6 Å². The molecule has 2 rings (SSSR count). The zero-order chi connectivity index (χ0) is 13.3. The molecule has 5 heteroatoms. The van der Waals surface area contributed by atoms with E-state index in [1.807, 2.05) is 13.8 Å². The molecule has 2 aromatic rings. The lowest BCUT2D eigenvalue weighted by Crippen LogP contribution is -1.99. The lowest BCUT2D eigenvalue weighted by molar-refractivity contribution is 1.05. The van der Waals surface area contributed by atoms with Crippen molar-refractivity contribution in [3.63, 3.8) is 0 Å². The van der Waals surface area contributed by atoms with Crippen molar-refractivity contribution < 1.29 is 0 Å². The Morgan fingerprint density at radius 3 is 2.22 bits per heavy atom. The molecule has 0 spiro atoms. The third-order valence-electron chi connectivity index (χ3n) is 2.62. The van der Waals surface area contributed by atoms with Gasteiger partial charge in [0.25, 0.3) is 0 Å². The predicted molar refractivity (Wildman–Crippen MR) is 71.7 cm³/mol. The monoisotopic (exact) mass is 277 g/mol. The Hall–Kier alpha value is -1.63. The summed E-state index contributed by atoms with van der Waals surface area (Å²) in [5, 5.41) is 10.1. The van der Waals surface area contributed by atoms with E-state index in [1.54, 1.807) is 18.2 Å². The summed E-state index contributed by atoms with van der Waals surface area (Å²) in [6.07, 6.45) is 0. The summed E-state index contributed by atoms with van der Waals surface area (Å²) in [7, 11) is 0. The minimum absolute atomic E-state index is 0.369. The van der Waals surface area contributed by atoms with Crippen LogP contribution in [0.25, 0.3) is 11.4 Å². The van der Waals surface area contributed by atoms with Crippen LogP contribution in [0.4, 0.5) is 0 Å². The van der Waals surface area contributed by atoms with Gasteiger partial charge in [0.05, 0.1) is 0 Å². The molecule has 0 unspecified atom stereocenters. The lowest BCUT2D eigenvalue weighted by atomic mass is 10.1. The molecule has 0 amide bonds. The van der Waals surface area contributed by atoms with Crippen molar-refractivity contribution in [1.82, 2.24) is 9.97 Å². The average molecular weight is 278 g/mol. The Morgan fingerprint density at radius 2 is 1.67 bits per heavy atom. The van der Waals surface area contributed by atoms with Gasteiger partial charge in [-0.25, -0.2) is 9.97 Å². The molecule has 1 heterocycles. The largest absolute Gasteiger partial charge is 0.233 e. The molecule has 0 saturated heterocycles. The van der Waals surface area contributed by atoms with Crippen molar-refractivity contribution in [2.75, 3.05) is 0 Å². The summed E-state index contributed by atoms with van der Waals surface area (Å²) in [5.41, 5.74) is 2.63. The number of aromatic nitrogens is 2. The molecule has 3 nitrogen and oxygen atoms in total. The van der Waals surface area contributed by atoms with E-state index in [-0.39, 0.29) is 0 Å². The van der Waals surface area contributed by atoms with E-state index in [2.05, 4.69) is 16.0 Å². The van der Waals surface area contributed by atoms with Crippen LogP contribution in [0.15, 0.2) is 18.2 Å². The van der Waals surface area contributed by atoms with Crippen molar-refractivity contribution in [1.29, 1.82) is 5.26 Å². The number of hydrogen-bond donors (Lipinski definition) is 0. The van der Waals surface area contributed by atoms with E-state index in [1.165, 1.54) is 0 Å². The fourth-order valence-corrected chi connectivity index (χ4v) is 2.08. The smallest absolute Gasteiger partial charge is 0.160 e. The fraction of sp³-hybridized carbons (Fsp3) is 0.154. The van der Waals surface area contributed by atoms with Crippen LogP contribution in [0.5, 0.6) is 0 Å². The Balaban J connectivity index is 2.65. The highest BCUT2D eigenvalue weighted by atomic mass is 35.5. The van der Waals surface area contributed by atoms with Crippen LogP contribution in [-0.2, 0) is 0 Å². The molecule has 0 aliphatic heterocycles. The number of rotatable bonds is 1. The van der Waals surface area contributed by atoms with Crippen LogP contribution < -0.4 is 0 Å². The normalized spacial score (nSPS) is 10.2. The van der Waals surface area contributed by atoms with Gasteiger partial charge in [-0.2, -0.15) is 5.26 Å². The van der Waals surface area contributed by atoms with Crippen molar-refractivity contribution in [2.24, 2.45) is 0 Å². The van der Waals surface area contributed by atoms with Gasteiger partial charge in [-0.3, -0.25) is 0 Å². The molecule has 0 aliphatic rings. The first kappa shape index (κ1) is 12.8. The van der Waals surface area contributed by atoms with Crippen LogP contribution in [0.2, 0.25) is 10.0 Å². The summed E-state index contributed by atoms with van der Waals surface area (Å²) in [6.45, 7) is 3.66. The van der Waals surface area contributed by atoms with E-state index in [4.69, 9.17) is 28.5 Å². The molecule has 0 N–H and O–H groups in total. The number of hydrogen-bond acceptors (Lipinski definition) is 3. The minimum atomic E-state index is 0.369. The number of nitriles is 1. The summed E-state index contributed by atoms with van der Waals surface area (Å²) < 4.78 is 0. The molecule has 1 aromatic carbocycles. The van der Waals surface area contributed by atoms with Gasteiger partial charge in [-0.05, 0) is 32.0 Å². The maximum Gasteiger partial charge on any atom is 0.160 e. The molecule has 0 aliphatic carbocycles. The van der Waals surface area contributed by atoms with Gasteiger partial charge < -0.3 is 0 Å². The quantitative estimate of drug-likeness (QED) is 0.793. The summed E-state index contributed by atoms with van der Waals surface area (Å²) in [6, 6.07) is 7.14. The predicted octanol–water partition coefficient (Wildman–Crippen LogP) is 3.94. The molecular formula is C13H9Cl2N3. The van der Waals surface area contributed by atoms with E-state index < -0.39 is 0 Å². The van der Waals surface area contributed by atoms with E-state index in [0.717, 1.165) is 11.3 Å². The highest BCUT2D eigenvalue weighted by Crippen LogP contribution is 2.26. The number of benzene rings is 1. The van der Waals surface area contributed by atoms with Crippen LogP contribution in [0.1, 0.15) is 17.0 Å². The number of nitrogens with zero attached hydrogens (tertiary/aromatic N) is 3. The second-order valence-corrected chi connectivity index (χ2v) is 4.75. The second-order valence-electron chi connectivity index (χ2n) is 3.88. The first-order chi connectivity index (χ1) is 8.51. The highest BCUT2D eigenvalue weighted by Gasteiger charge is 2.10. The van der Waals surface area contributed by atoms with Crippen LogP contribution in [-0.4, -0.2) is 9.97 Å². The van der Waals surface area contributed by atoms with Gasteiger partial charge in [0, 0.05) is 26.9 Å².